The molecule has 1 nitrogen and oxygen atoms in total. The van der Waals surface area contributed by atoms with E-state index in [4.69, 9.17) is 4.74 Å². The van der Waals surface area contributed by atoms with Crippen molar-refractivity contribution in [1.82, 2.24) is 0 Å². The molecule has 0 unspecified atom stereocenters. The Morgan fingerprint density at radius 3 is 1.42 bits per heavy atom. The minimum Gasteiger partial charge on any atom is -0.502 e. The minimum absolute atomic E-state index is 0.905. The topological polar surface area (TPSA) is 9.23 Å². The van der Waals surface area contributed by atoms with Crippen LogP contribution in [0.15, 0.2) is 12.3 Å². The Morgan fingerprint density at radius 1 is 0.500 bits per heavy atom. The standard InChI is InChI=1S/C23H46O/c1-3-5-7-9-11-12-13-14-15-17-19-21-23-24-22-20-18-16-10-8-6-4-2/h21,23H,3-20,22H2,1-2H3. The van der Waals surface area contributed by atoms with Crippen LogP contribution in [0, 0.1) is 0 Å². The van der Waals surface area contributed by atoms with Crippen molar-refractivity contribution in [3.8, 4) is 0 Å². The van der Waals surface area contributed by atoms with Crippen LogP contribution >= 0.6 is 0 Å². The number of allylic oxidation sites excluding steroid dienone is 1. The molecule has 0 radical (unpaired) electrons. The quantitative estimate of drug-likeness (QED) is 0.159. The van der Waals surface area contributed by atoms with Crippen molar-refractivity contribution in [3.05, 3.63) is 12.3 Å². The maximum Gasteiger partial charge on any atom is 0.0873 e. The van der Waals surface area contributed by atoms with Crippen molar-refractivity contribution in [1.29, 1.82) is 0 Å². The summed E-state index contributed by atoms with van der Waals surface area (Å²) in [5.41, 5.74) is 0. The zero-order valence-electron chi connectivity index (χ0n) is 17.0. The summed E-state index contributed by atoms with van der Waals surface area (Å²) in [5.74, 6) is 0. The number of rotatable bonds is 20. The van der Waals surface area contributed by atoms with E-state index in [2.05, 4.69) is 19.9 Å². The predicted octanol–water partition coefficient (Wildman–Crippen LogP) is 8.58. The van der Waals surface area contributed by atoms with Gasteiger partial charge in [-0.15, -0.1) is 0 Å². The first-order chi connectivity index (χ1) is 11.9. The van der Waals surface area contributed by atoms with E-state index in [-0.39, 0.29) is 0 Å². The van der Waals surface area contributed by atoms with Crippen LogP contribution < -0.4 is 0 Å². The molecule has 0 aliphatic heterocycles. The van der Waals surface area contributed by atoms with E-state index < -0.39 is 0 Å². The summed E-state index contributed by atoms with van der Waals surface area (Å²) in [6, 6.07) is 0. The molecule has 0 saturated heterocycles. The summed E-state index contributed by atoms with van der Waals surface area (Å²) in [7, 11) is 0. The summed E-state index contributed by atoms with van der Waals surface area (Å²) < 4.78 is 5.57. The highest BCUT2D eigenvalue weighted by atomic mass is 16.5. The molecular formula is C23H46O. The second-order valence-corrected chi connectivity index (χ2v) is 7.33. The lowest BCUT2D eigenvalue weighted by Crippen LogP contribution is -1.88. The van der Waals surface area contributed by atoms with E-state index in [0.29, 0.717) is 0 Å². The second-order valence-electron chi connectivity index (χ2n) is 7.33. The largest absolute Gasteiger partial charge is 0.502 e. The molecule has 0 aromatic rings. The molecule has 0 rings (SSSR count). The average molecular weight is 339 g/mol. The number of hydrogen-bond donors (Lipinski definition) is 0. The molecular weight excluding hydrogens is 292 g/mol. The fraction of sp³-hybridized carbons (Fsp3) is 0.913. The molecule has 0 spiro atoms. The SMILES string of the molecule is CCCCCCCCCCCCC=COCCCCCCCCC. The third-order valence-corrected chi connectivity index (χ3v) is 4.78. The molecule has 0 aromatic carbocycles. The molecule has 0 N–H and O–H groups in total. The second kappa shape index (κ2) is 22.5. The summed E-state index contributed by atoms with van der Waals surface area (Å²) in [6.45, 7) is 5.47. The van der Waals surface area contributed by atoms with Gasteiger partial charge in [0.05, 0.1) is 12.9 Å². The molecule has 144 valence electrons. The highest BCUT2D eigenvalue weighted by Crippen LogP contribution is 2.11. The van der Waals surface area contributed by atoms with Gasteiger partial charge in [-0.25, -0.2) is 0 Å². The van der Waals surface area contributed by atoms with Gasteiger partial charge in [-0.2, -0.15) is 0 Å². The normalized spacial score (nSPS) is 11.4. The van der Waals surface area contributed by atoms with E-state index in [1.807, 2.05) is 6.26 Å². The smallest absolute Gasteiger partial charge is 0.0873 e. The number of ether oxygens (including phenoxy) is 1. The maximum absolute atomic E-state index is 5.57. The lowest BCUT2D eigenvalue weighted by atomic mass is 10.1. The van der Waals surface area contributed by atoms with Gasteiger partial charge in [-0.05, 0) is 25.3 Å². The van der Waals surface area contributed by atoms with Crippen molar-refractivity contribution in [3.63, 3.8) is 0 Å². The van der Waals surface area contributed by atoms with Crippen LogP contribution in [-0.4, -0.2) is 6.61 Å². The van der Waals surface area contributed by atoms with Crippen molar-refractivity contribution in [2.75, 3.05) is 6.61 Å². The highest BCUT2D eigenvalue weighted by molar-refractivity contribution is 4.73. The van der Waals surface area contributed by atoms with Crippen LogP contribution in [0.5, 0.6) is 0 Å². The molecule has 0 fully saturated rings. The predicted molar refractivity (Wildman–Crippen MR) is 110 cm³/mol. The van der Waals surface area contributed by atoms with Gasteiger partial charge in [0.25, 0.3) is 0 Å². The lowest BCUT2D eigenvalue weighted by molar-refractivity contribution is 0.239. The summed E-state index contributed by atoms with van der Waals surface area (Å²) in [4.78, 5) is 0. The number of hydrogen-bond acceptors (Lipinski definition) is 1. The molecule has 1 heteroatoms. The maximum atomic E-state index is 5.57. The first-order valence-electron chi connectivity index (χ1n) is 11.2. The lowest BCUT2D eigenvalue weighted by Gasteiger charge is -2.02. The monoisotopic (exact) mass is 338 g/mol. The Kier molecular flexibility index (Phi) is 22.1. The Bertz CT molecular complexity index is 234. The molecule has 0 heterocycles. The Morgan fingerprint density at radius 2 is 0.917 bits per heavy atom. The first-order valence-corrected chi connectivity index (χ1v) is 11.2. The third kappa shape index (κ3) is 21.5. The molecule has 0 aliphatic rings. The molecule has 0 amide bonds. The van der Waals surface area contributed by atoms with Crippen LogP contribution in [-0.2, 0) is 4.74 Å². The van der Waals surface area contributed by atoms with Crippen LogP contribution in [0.1, 0.15) is 129 Å². The van der Waals surface area contributed by atoms with Crippen molar-refractivity contribution < 1.29 is 4.74 Å². The zero-order chi connectivity index (χ0) is 17.6. The van der Waals surface area contributed by atoms with Gasteiger partial charge in [0.15, 0.2) is 0 Å². The van der Waals surface area contributed by atoms with Gasteiger partial charge in [-0.3, -0.25) is 0 Å². The summed E-state index contributed by atoms with van der Waals surface area (Å²) >= 11 is 0. The van der Waals surface area contributed by atoms with Crippen molar-refractivity contribution in [2.24, 2.45) is 0 Å². The van der Waals surface area contributed by atoms with Crippen molar-refractivity contribution >= 4 is 0 Å². The third-order valence-electron chi connectivity index (χ3n) is 4.78. The first kappa shape index (κ1) is 23.5. The molecule has 0 saturated carbocycles. The van der Waals surface area contributed by atoms with Crippen molar-refractivity contribution in [2.45, 2.75) is 129 Å². The van der Waals surface area contributed by atoms with E-state index in [1.54, 1.807) is 0 Å². The molecule has 0 aliphatic carbocycles. The molecule has 0 bridgehead atoms. The van der Waals surface area contributed by atoms with Crippen LogP contribution in [0.3, 0.4) is 0 Å². The Balaban J connectivity index is 3.03. The molecule has 0 atom stereocenters. The van der Waals surface area contributed by atoms with Gasteiger partial charge >= 0.3 is 0 Å². The Labute approximate surface area is 153 Å². The number of unbranched alkanes of at least 4 members (excludes halogenated alkanes) is 16. The summed E-state index contributed by atoms with van der Waals surface area (Å²) in [6.07, 6.45) is 29.0. The Hall–Kier alpha value is -0.460. The van der Waals surface area contributed by atoms with Gasteiger partial charge in [0.1, 0.15) is 0 Å². The van der Waals surface area contributed by atoms with Gasteiger partial charge in [0.2, 0.25) is 0 Å². The van der Waals surface area contributed by atoms with E-state index in [1.165, 1.54) is 116 Å². The zero-order valence-corrected chi connectivity index (χ0v) is 17.0. The molecule has 24 heavy (non-hydrogen) atoms. The fourth-order valence-corrected chi connectivity index (χ4v) is 3.10. The van der Waals surface area contributed by atoms with E-state index >= 15 is 0 Å². The fourth-order valence-electron chi connectivity index (χ4n) is 3.10. The van der Waals surface area contributed by atoms with Gasteiger partial charge in [0, 0.05) is 0 Å². The minimum atomic E-state index is 0.905. The highest BCUT2D eigenvalue weighted by Gasteiger charge is 1.92. The molecule has 0 aromatic heterocycles. The van der Waals surface area contributed by atoms with E-state index in [9.17, 15) is 0 Å². The van der Waals surface area contributed by atoms with Gasteiger partial charge < -0.3 is 4.74 Å². The summed E-state index contributed by atoms with van der Waals surface area (Å²) in [5, 5.41) is 0. The van der Waals surface area contributed by atoms with E-state index in [0.717, 1.165) is 6.61 Å². The van der Waals surface area contributed by atoms with Crippen LogP contribution in [0.4, 0.5) is 0 Å². The van der Waals surface area contributed by atoms with Crippen LogP contribution in [0.25, 0.3) is 0 Å². The average Bonchev–Trinajstić information content (AvgIpc) is 2.60. The van der Waals surface area contributed by atoms with Gasteiger partial charge in [-0.1, -0.05) is 110 Å². The van der Waals surface area contributed by atoms with Crippen LogP contribution in [0.2, 0.25) is 0 Å².